The highest BCUT2D eigenvalue weighted by Gasteiger charge is 2.16. The maximum atomic E-state index is 12.2. The summed E-state index contributed by atoms with van der Waals surface area (Å²) in [5, 5.41) is 2.65. The molecule has 0 aliphatic carbocycles. The number of carbonyl (C=O) groups excluding carboxylic acids is 2. The Morgan fingerprint density at radius 3 is 2.38 bits per heavy atom. The second-order valence-corrected chi connectivity index (χ2v) is 5.09. The molecule has 0 bridgehead atoms. The van der Waals surface area contributed by atoms with Gasteiger partial charge in [0.05, 0.1) is 32.1 Å². The van der Waals surface area contributed by atoms with E-state index < -0.39 is 11.9 Å². The molecule has 2 aromatic rings. The van der Waals surface area contributed by atoms with Gasteiger partial charge in [0.1, 0.15) is 0 Å². The summed E-state index contributed by atoms with van der Waals surface area (Å²) < 4.78 is 20.9. The lowest BCUT2D eigenvalue weighted by Crippen LogP contribution is -2.22. The van der Waals surface area contributed by atoms with Gasteiger partial charge in [0.2, 0.25) is 5.75 Å². The van der Waals surface area contributed by atoms with Crippen LogP contribution in [0.1, 0.15) is 17.3 Å². The third-order valence-electron chi connectivity index (χ3n) is 3.42. The number of ether oxygens (including phenoxy) is 4. The maximum Gasteiger partial charge on any atom is 0.340 e. The zero-order valence-corrected chi connectivity index (χ0v) is 14.9. The molecule has 0 fully saturated rings. The highest BCUT2D eigenvalue weighted by atomic mass is 16.5. The van der Waals surface area contributed by atoms with Crippen LogP contribution < -0.4 is 19.5 Å². The van der Waals surface area contributed by atoms with Crippen LogP contribution in [0.3, 0.4) is 0 Å². The number of nitrogens with one attached hydrogen (secondary N) is 1. The number of carbonyl (C=O) groups is 2. The number of hydrogen-bond acceptors (Lipinski definition) is 6. The summed E-state index contributed by atoms with van der Waals surface area (Å²) in [5.41, 5.74) is 0.638. The fraction of sp³-hybridized carbons (Fsp3) is 0.263. The number of hydrogen-bond donors (Lipinski definition) is 1. The molecule has 0 unspecified atom stereocenters. The Morgan fingerprint density at radius 1 is 0.962 bits per heavy atom. The first kappa shape index (κ1) is 19.1. The minimum atomic E-state index is -0.501. The third kappa shape index (κ3) is 4.66. The first-order chi connectivity index (χ1) is 12.6. The standard InChI is InChI=1S/C19H21NO6/c1-4-25-19(22)13-8-5-6-9-14(13)20-17(21)12-26-16-11-7-10-15(23-2)18(16)24-3/h5-11H,4,12H2,1-3H3,(H,20,21). The van der Waals surface area contributed by atoms with Crippen LogP contribution in [0.25, 0.3) is 0 Å². The minimum Gasteiger partial charge on any atom is -0.493 e. The predicted molar refractivity (Wildman–Crippen MR) is 96.1 cm³/mol. The van der Waals surface area contributed by atoms with Gasteiger partial charge in [-0.3, -0.25) is 4.79 Å². The van der Waals surface area contributed by atoms with Crippen molar-refractivity contribution in [1.82, 2.24) is 0 Å². The molecule has 7 heteroatoms. The quantitative estimate of drug-likeness (QED) is 0.730. The van der Waals surface area contributed by atoms with E-state index in [1.165, 1.54) is 14.2 Å². The molecule has 0 heterocycles. The summed E-state index contributed by atoms with van der Waals surface area (Å²) in [4.78, 5) is 24.2. The van der Waals surface area contributed by atoms with Gasteiger partial charge in [0, 0.05) is 0 Å². The molecule has 138 valence electrons. The number of methoxy groups -OCH3 is 2. The molecule has 0 saturated carbocycles. The van der Waals surface area contributed by atoms with E-state index in [-0.39, 0.29) is 18.8 Å². The van der Waals surface area contributed by atoms with Crippen LogP contribution in [0.4, 0.5) is 5.69 Å². The summed E-state index contributed by atoms with van der Waals surface area (Å²) in [6, 6.07) is 11.7. The van der Waals surface area contributed by atoms with E-state index in [2.05, 4.69) is 5.32 Å². The van der Waals surface area contributed by atoms with Crippen LogP contribution in [0.5, 0.6) is 17.2 Å². The van der Waals surface area contributed by atoms with Crippen molar-refractivity contribution in [3.8, 4) is 17.2 Å². The average Bonchev–Trinajstić information content (AvgIpc) is 2.66. The monoisotopic (exact) mass is 359 g/mol. The van der Waals surface area contributed by atoms with Crippen molar-refractivity contribution in [2.24, 2.45) is 0 Å². The highest BCUT2D eigenvalue weighted by molar-refractivity contribution is 6.01. The number of anilines is 1. The predicted octanol–water partition coefficient (Wildman–Crippen LogP) is 2.90. The second-order valence-electron chi connectivity index (χ2n) is 5.09. The topological polar surface area (TPSA) is 83.1 Å². The van der Waals surface area contributed by atoms with Crippen LogP contribution in [-0.4, -0.2) is 39.3 Å². The van der Waals surface area contributed by atoms with Crippen molar-refractivity contribution in [2.45, 2.75) is 6.92 Å². The fourth-order valence-electron chi connectivity index (χ4n) is 2.28. The van der Waals surface area contributed by atoms with Gasteiger partial charge in [0.15, 0.2) is 18.1 Å². The van der Waals surface area contributed by atoms with Crippen LogP contribution in [0.15, 0.2) is 42.5 Å². The number of esters is 1. The largest absolute Gasteiger partial charge is 0.493 e. The second kappa shape index (κ2) is 9.31. The van der Waals surface area contributed by atoms with E-state index in [0.717, 1.165) is 0 Å². The Hall–Kier alpha value is -3.22. The Kier molecular flexibility index (Phi) is 6.84. The zero-order chi connectivity index (χ0) is 18.9. The molecule has 2 rings (SSSR count). The van der Waals surface area contributed by atoms with E-state index in [0.29, 0.717) is 22.9 Å². The van der Waals surface area contributed by atoms with Crippen molar-refractivity contribution in [3.05, 3.63) is 48.0 Å². The Balaban J connectivity index is 2.06. The van der Waals surface area contributed by atoms with Gasteiger partial charge >= 0.3 is 5.97 Å². The average molecular weight is 359 g/mol. The van der Waals surface area contributed by atoms with E-state index >= 15 is 0 Å². The van der Waals surface area contributed by atoms with Gasteiger partial charge in [-0.1, -0.05) is 18.2 Å². The van der Waals surface area contributed by atoms with E-state index in [1.54, 1.807) is 49.4 Å². The molecule has 1 N–H and O–H groups in total. The molecule has 0 saturated heterocycles. The van der Waals surface area contributed by atoms with E-state index in [9.17, 15) is 9.59 Å². The van der Waals surface area contributed by atoms with Crippen LogP contribution in [-0.2, 0) is 9.53 Å². The van der Waals surface area contributed by atoms with Crippen LogP contribution >= 0.6 is 0 Å². The van der Waals surface area contributed by atoms with Crippen molar-refractivity contribution < 1.29 is 28.5 Å². The Morgan fingerprint density at radius 2 is 1.69 bits per heavy atom. The zero-order valence-electron chi connectivity index (χ0n) is 14.9. The van der Waals surface area contributed by atoms with Crippen LogP contribution in [0, 0.1) is 0 Å². The summed E-state index contributed by atoms with van der Waals surface area (Å²) in [6.07, 6.45) is 0. The normalized spacial score (nSPS) is 9.96. The molecule has 0 atom stereocenters. The molecular weight excluding hydrogens is 338 g/mol. The number of benzene rings is 2. The van der Waals surface area contributed by atoms with Gasteiger partial charge in [-0.05, 0) is 31.2 Å². The Bertz CT molecular complexity index is 774. The number of amides is 1. The summed E-state index contributed by atoms with van der Waals surface area (Å²) in [5.74, 6) is 0.346. The summed E-state index contributed by atoms with van der Waals surface area (Å²) in [7, 11) is 3.00. The van der Waals surface area contributed by atoms with Gasteiger partial charge in [-0.25, -0.2) is 4.79 Å². The molecule has 2 aromatic carbocycles. The van der Waals surface area contributed by atoms with Crippen molar-refractivity contribution in [3.63, 3.8) is 0 Å². The molecule has 1 amide bonds. The van der Waals surface area contributed by atoms with Gasteiger partial charge < -0.3 is 24.3 Å². The number of rotatable bonds is 8. The molecular formula is C19H21NO6. The first-order valence-electron chi connectivity index (χ1n) is 8.00. The minimum absolute atomic E-state index is 0.250. The van der Waals surface area contributed by atoms with Gasteiger partial charge in [0.25, 0.3) is 5.91 Å². The molecule has 0 aliphatic heterocycles. The van der Waals surface area contributed by atoms with Crippen molar-refractivity contribution in [2.75, 3.05) is 32.8 Å². The van der Waals surface area contributed by atoms with E-state index in [4.69, 9.17) is 18.9 Å². The smallest absolute Gasteiger partial charge is 0.340 e. The van der Waals surface area contributed by atoms with E-state index in [1.807, 2.05) is 0 Å². The lowest BCUT2D eigenvalue weighted by Gasteiger charge is -2.14. The van der Waals surface area contributed by atoms with Crippen LogP contribution in [0.2, 0.25) is 0 Å². The molecule has 7 nitrogen and oxygen atoms in total. The molecule has 0 aliphatic rings. The van der Waals surface area contributed by atoms with Gasteiger partial charge in [-0.15, -0.1) is 0 Å². The lowest BCUT2D eigenvalue weighted by molar-refractivity contribution is -0.118. The molecule has 26 heavy (non-hydrogen) atoms. The summed E-state index contributed by atoms with van der Waals surface area (Å²) in [6.45, 7) is 1.70. The molecule has 0 radical (unpaired) electrons. The van der Waals surface area contributed by atoms with Crippen molar-refractivity contribution in [1.29, 1.82) is 0 Å². The third-order valence-corrected chi connectivity index (χ3v) is 3.42. The SMILES string of the molecule is CCOC(=O)c1ccccc1NC(=O)COc1cccc(OC)c1OC. The first-order valence-corrected chi connectivity index (χ1v) is 8.00. The number of para-hydroxylation sites is 2. The highest BCUT2D eigenvalue weighted by Crippen LogP contribution is 2.36. The fourth-order valence-corrected chi connectivity index (χ4v) is 2.28. The Labute approximate surface area is 151 Å². The van der Waals surface area contributed by atoms with Crippen molar-refractivity contribution >= 4 is 17.6 Å². The summed E-state index contributed by atoms with van der Waals surface area (Å²) >= 11 is 0. The lowest BCUT2D eigenvalue weighted by atomic mass is 10.2. The molecule has 0 spiro atoms. The van der Waals surface area contributed by atoms with Gasteiger partial charge in [-0.2, -0.15) is 0 Å². The molecule has 0 aromatic heterocycles. The maximum absolute atomic E-state index is 12.2.